The third kappa shape index (κ3) is 5.60. The summed E-state index contributed by atoms with van der Waals surface area (Å²) in [4.78, 5) is 29.1. The van der Waals surface area contributed by atoms with Crippen LogP contribution in [0.1, 0.15) is 36.9 Å². The van der Waals surface area contributed by atoms with Gasteiger partial charge in [-0.15, -0.1) is 10.2 Å². The Hall–Kier alpha value is -3.72. The molecule has 0 unspecified atom stereocenters. The number of ketones is 1. The summed E-state index contributed by atoms with van der Waals surface area (Å²) in [5.41, 5.74) is 1.55. The zero-order valence-corrected chi connectivity index (χ0v) is 20.0. The van der Waals surface area contributed by atoms with E-state index in [0.717, 1.165) is 11.3 Å². The van der Waals surface area contributed by atoms with Crippen molar-refractivity contribution >= 4 is 29.1 Å². The average Bonchev–Trinajstić information content (AvgIpc) is 3.48. The molecule has 1 N–H and O–H groups in total. The van der Waals surface area contributed by atoms with E-state index in [4.69, 9.17) is 4.42 Å². The number of anilines is 1. The first-order valence-corrected chi connectivity index (χ1v) is 11.7. The van der Waals surface area contributed by atoms with Crippen LogP contribution in [0.3, 0.4) is 0 Å². The maximum absolute atomic E-state index is 12.8. The van der Waals surface area contributed by atoms with Crippen LogP contribution < -0.4 is 5.32 Å². The highest BCUT2D eigenvalue weighted by molar-refractivity contribution is 7.99. The molecule has 0 aliphatic carbocycles. The third-order valence-corrected chi connectivity index (χ3v) is 5.98. The molecule has 3 heterocycles. The van der Waals surface area contributed by atoms with Gasteiger partial charge in [-0.05, 0) is 48.5 Å². The van der Waals surface area contributed by atoms with Crippen LogP contribution in [0.2, 0.25) is 0 Å². The van der Waals surface area contributed by atoms with Gasteiger partial charge in [0.25, 0.3) is 0 Å². The first-order chi connectivity index (χ1) is 16.3. The van der Waals surface area contributed by atoms with Gasteiger partial charge in [-0.3, -0.25) is 19.1 Å². The van der Waals surface area contributed by atoms with Crippen molar-refractivity contribution in [2.75, 3.05) is 11.1 Å². The Bertz CT molecular complexity index is 1260. The minimum absolute atomic E-state index is 0.0471. The number of hydrogen-bond acceptors (Lipinski definition) is 7. The SMILES string of the molecule is CC(C)(C)C(=O)Nc1ccc(C(=O)CSc2nnc(-c3cccnc3)n2Cc2ccco2)cc1. The summed E-state index contributed by atoms with van der Waals surface area (Å²) in [7, 11) is 0. The summed E-state index contributed by atoms with van der Waals surface area (Å²) in [5.74, 6) is 1.47. The van der Waals surface area contributed by atoms with Gasteiger partial charge in [-0.1, -0.05) is 32.5 Å². The molecule has 4 aromatic rings. The zero-order valence-electron chi connectivity index (χ0n) is 19.2. The van der Waals surface area contributed by atoms with Crippen molar-refractivity contribution in [3.63, 3.8) is 0 Å². The van der Waals surface area contributed by atoms with Gasteiger partial charge in [0.05, 0.1) is 18.6 Å². The van der Waals surface area contributed by atoms with Gasteiger partial charge in [0.15, 0.2) is 16.8 Å². The molecular formula is C25H25N5O3S. The van der Waals surface area contributed by atoms with Gasteiger partial charge in [-0.2, -0.15) is 0 Å². The summed E-state index contributed by atoms with van der Waals surface area (Å²) in [6.45, 7) is 5.98. The van der Waals surface area contributed by atoms with Gasteiger partial charge < -0.3 is 9.73 Å². The number of amides is 1. The molecule has 9 heteroatoms. The summed E-state index contributed by atoms with van der Waals surface area (Å²) in [6, 6.07) is 14.4. The highest BCUT2D eigenvalue weighted by Crippen LogP contribution is 2.26. The Morgan fingerprint density at radius 2 is 1.85 bits per heavy atom. The molecule has 34 heavy (non-hydrogen) atoms. The van der Waals surface area contributed by atoms with Crippen molar-refractivity contribution in [1.82, 2.24) is 19.7 Å². The molecule has 0 spiro atoms. The summed E-state index contributed by atoms with van der Waals surface area (Å²) in [5, 5.41) is 12.1. The van der Waals surface area contributed by atoms with E-state index in [1.54, 1.807) is 42.9 Å². The van der Waals surface area contributed by atoms with E-state index in [2.05, 4.69) is 20.5 Å². The molecule has 0 aliphatic rings. The molecule has 0 radical (unpaired) electrons. The van der Waals surface area contributed by atoms with Crippen molar-refractivity contribution in [2.45, 2.75) is 32.5 Å². The lowest BCUT2D eigenvalue weighted by Crippen LogP contribution is -2.27. The van der Waals surface area contributed by atoms with Crippen molar-refractivity contribution < 1.29 is 14.0 Å². The van der Waals surface area contributed by atoms with Crippen LogP contribution in [0.15, 0.2) is 76.8 Å². The average molecular weight is 476 g/mol. The number of aromatic nitrogens is 4. The molecule has 0 bridgehead atoms. The van der Waals surface area contributed by atoms with Gasteiger partial charge in [0.1, 0.15) is 5.76 Å². The van der Waals surface area contributed by atoms with Crippen molar-refractivity contribution in [3.8, 4) is 11.4 Å². The highest BCUT2D eigenvalue weighted by Gasteiger charge is 2.21. The highest BCUT2D eigenvalue weighted by atomic mass is 32.2. The fourth-order valence-electron chi connectivity index (χ4n) is 3.08. The van der Waals surface area contributed by atoms with E-state index in [1.807, 2.05) is 49.6 Å². The largest absolute Gasteiger partial charge is 0.467 e. The number of furan rings is 1. The summed E-state index contributed by atoms with van der Waals surface area (Å²) in [6.07, 6.45) is 5.04. The molecule has 1 amide bonds. The predicted molar refractivity (Wildman–Crippen MR) is 131 cm³/mol. The Kier molecular flexibility index (Phi) is 6.93. The number of pyridine rings is 1. The van der Waals surface area contributed by atoms with Crippen LogP contribution in [-0.4, -0.2) is 37.2 Å². The van der Waals surface area contributed by atoms with E-state index in [1.165, 1.54) is 11.8 Å². The van der Waals surface area contributed by atoms with Crippen LogP contribution >= 0.6 is 11.8 Å². The number of carbonyl (C=O) groups is 2. The molecular weight excluding hydrogens is 450 g/mol. The van der Waals surface area contributed by atoms with E-state index < -0.39 is 5.41 Å². The molecule has 1 aromatic carbocycles. The second-order valence-corrected chi connectivity index (χ2v) is 9.65. The third-order valence-electron chi connectivity index (χ3n) is 5.01. The summed E-state index contributed by atoms with van der Waals surface area (Å²) >= 11 is 1.31. The Morgan fingerprint density at radius 1 is 1.06 bits per heavy atom. The van der Waals surface area contributed by atoms with Gasteiger partial charge in [-0.25, -0.2) is 0 Å². The quantitative estimate of drug-likeness (QED) is 0.284. The first-order valence-electron chi connectivity index (χ1n) is 10.7. The molecule has 0 aliphatic heterocycles. The van der Waals surface area contributed by atoms with E-state index in [-0.39, 0.29) is 17.4 Å². The molecule has 0 atom stereocenters. The Morgan fingerprint density at radius 3 is 2.50 bits per heavy atom. The van der Waals surface area contributed by atoms with E-state index in [0.29, 0.717) is 28.8 Å². The maximum Gasteiger partial charge on any atom is 0.229 e. The Balaban J connectivity index is 1.47. The monoisotopic (exact) mass is 475 g/mol. The lowest BCUT2D eigenvalue weighted by atomic mass is 9.95. The lowest BCUT2D eigenvalue weighted by Gasteiger charge is -2.17. The normalized spacial score (nSPS) is 11.4. The first kappa shape index (κ1) is 23.4. The van der Waals surface area contributed by atoms with E-state index >= 15 is 0 Å². The fourth-order valence-corrected chi connectivity index (χ4v) is 3.91. The second-order valence-electron chi connectivity index (χ2n) is 8.71. The standard InChI is InChI=1S/C25H25N5O3S/c1-25(2,3)23(32)27-19-10-8-17(9-11-19)21(31)16-34-24-29-28-22(18-6-4-12-26-14-18)30(24)15-20-7-5-13-33-20/h4-14H,15-16H2,1-3H3,(H,27,32). The number of benzene rings is 1. The lowest BCUT2D eigenvalue weighted by molar-refractivity contribution is -0.123. The zero-order chi connectivity index (χ0) is 24.1. The minimum Gasteiger partial charge on any atom is -0.467 e. The summed E-state index contributed by atoms with van der Waals surface area (Å²) < 4.78 is 7.42. The Labute approximate surface area is 201 Å². The van der Waals surface area contributed by atoms with Gasteiger partial charge >= 0.3 is 0 Å². The molecule has 0 saturated heterocycles. The maximum atomic E-state index is 12.8. The number of thioether (sulfide) groups is 1. The second kappa shape index (κ2) is 10.0. The number of hydrogen-bond donors (Lipinski definition) is 1. The fraction of sp³-hybridized carbons (Fsp3) is 0.240. The number of nitrogens with one attached hydrogen (secondary N) is 1. The van der Waals surface area contributed by atoms with Crippen molar-refractivity contribution in [1.29, 1.82) is 0 Å². The number of rotatable bonds is 8. The number of carbonyl (C=O) groups excluding carboxylic acids is 2. The van der Waals surface area contributed by atoms with E-state index in [9.17, 15) is 9.59 Å². The number of nitrogens with zero attached hydrogens (tertiary/aromatic N) is 4. The van der Waals surface area contributed by atoms with Gasteiger partial charge in [0, 0.05) is 34.6 Å². The van der Waals surface area contributed by atoms with Crippen LogP contribution in [0.25, 0.3) is 11.4 Å². The van der Waals surface area contributed by atoms with Crippen LogP contribution in [0.4, 0.5) is 5.69 Å². The molecule has 3 aromatic heterocycles. The topological polar surface area (TPSA) is 103 Å². The molecule has 0 fully saturated rings. The molecule has 0 saturated carbocycles. The number of Topliss-reactive ketones (excluding diaryl/α,β-unsaturated/α-hetero) is 1. The van der Waals surface area contributed by atoms with Crippen LogP contribution in [0, 0.1) is 5.41 Å². The smallest absolute Gasteiger partial charge is 0.229 e. The minimum atomic E-state index is -0.495. The van der Waals surface area contributed by atoms with Crippen LogP contribution in [0.5, 0.6) is 0 Å². The molecule has 4 rings (SSSR count). The molecule has 174 valence electrons. The van der Waals surface area contributed by atoms with Gasteiger partial charge in [0.2, 0.25) is 5.91 Å². The van der Waals surface area contributed by atoms with Crippen LogP contribution in [-0.2, 0) is 11.3 Å². The predicted octanol–water partition coefficient (Wildman–Crippen LogP) is 4.94. The van der Waals surface area contributed by atoms with Crippen molar-refractivity contribution in [2.24, 2.45) is 5.41 Å². The van der Waals surface area contributed by atoms with Crippen molar-refractivity contribution in [3.05, 3.63) is 78.5 Å². The molecule has 8 nitrogen and oxygen atoms in total.